The monoisotopic (exact) mass is 490 g/mol. The molecule has 2 amide bonds. The van der Waals surface area contributed by atoms with Crippen molar-refractivity contribution in [3.05, 3.63) is 70.9 Å². The van der Waals surface area contributed by atoms with Gasteiger partial charge in [0.2, 0.25) is 0 Å². The molecule has 1 aliphatic rings. The first kappa shape index (κ1) is 25.1. The number of anilines is 2. The minimum absolute atomic E-state index is 0.106. The molecule has 0 radical (unpaired) electrons. The highest BCUT2D eigenvalue weighted by molar-refractivity contribution is 7.80. The van der Waals surface area contributed by atoms with Gasteiger partial charge in [0, 0.05) is 37.3 Å². The number of carbonyl (C=O) groups is 2. The van der Waals surface area contributed by atoms with Crippen molar-refractivity contribution in [2.75, 3.05) is 38.0 Å². The largest absolute Gasteiger partial charge is 0.460 e. The molecule has 180 valence electrons. The van der Waals surface area contributed by atoms with E-state index in [2.05, 4.69) is 16.0 Å². The van der Waals surface area contributed by atoms with Gasteiger partial charge in [-0.25, -0.2) is 18.4 Å². The Hall–Kier alpha value is -3.57. The Balaban J connectivity index is 1.74. The number of halogens is 2. The Morgan fingerprint density at radius 3 is 2.35 bits per heavy atom. The first-order chi connectivity index (χ1) is 16.2. The Morgan fingerprint density at radius 1 is 1.06 bits per heavy atom. The topological polar surface area (TPSA) is 91.9 Å². The molecule has 0 saturated heterocycles. The SMILES string of the molecule is COCCOC(=O)C1=C(C)N(C)C(=S)NC1c1ccc(NC(=O)Nc2ccc(F)c(F)c2)cc1. The lowest BCUT2D eigenvalue weighted by molar-refractivity contribution is -0.140. The number of nitrogens with one attached hydrogen (secondary N) is 3. The van der Waals surface area contributed by atoms with Crippen molar-refractivity contribution in [1.29, 1.82) is 0 Å². The minimum atomic E-state index is -1.06. The van der Waals surface area contributed by atoms with Crippen LogP contribution in [-0.2, 0) is 14.3 Å². The molecule has 11 heteroatoms. The van der Waals surface area contributed by atoms with E-state index in [1.807, 2.05) is 0 Å². The molecule has 3 rings (SSSR count). The maximum Gasteiger partial charge on any atom is 0.338 e. The Labute approximate surface area is 200 Å². The molecule has 3 N–H and O–H groups in total. The van der Waals surface area contributed by atoms with Gasteiger partial charge >= 0.3 is 12.0 Å². The average molecular weight is 491 g/mol. The van der Waals surface area contributed by atoms with Gasteiger partial charge in [0.05, 0.1) is 18.2 Å². The van der Waals surface area contributed by atoms with E-state index in [0.717, 1.165) is 17.7 Å². The van der Waals surface area contributed by atoms with Crippen molar-refractivity contribution < 1.29 is 27.8 Å². The van der Waals surface area contributed by atoms with E-state index in [1.54, 1.807) is 43.1 Å². The summed E-state index contributed by atoms with van der Waals surface area (Å²) < 4.78 is 36.6. The molecule has 2 aromatic carbocycles. The van der Waals surface area contributed by atoms with Crippen molar-refractivity contribution in [2.45, 2.75) is 13.0 Å². The van der Waals surface area contributed by atoms with Crippen LogP contribution < -0.4 is 16.0 Å². The number of urea groups is 1. The fourth-order valence-electron chi connectivity index (χ4n) is 3.27. The summed E-state index contributed by atoms with van der Waals surface area (Å²) in [5.41, 5.74) is 2.34. The van der Waals surface area contributed by atoms with Crippen molar-refractivity contribution >= 4 is 40.7 Å². The smallest absolute Gasteiger partial charge is 0.338 e. The number of allylic oxidation sites excluding steroid dienone is 1. The van der Waals surface area contributed by atoms with Crippen LogP contribution in [0.3, 0.4) is 0 Å². The van der Waals surface area contributed by atoms with Crippen LogP contribution in [0.1, 0.15) is 18.5 Å². The zero-order valence-corrected chi connectivity index (χ0v) is 19.6. The van der Waals surface area contributed by atoms with E-state index in [9.17, 15) is 18.4 Å². The molecule has 0 saturated carbocycles. The van der Waals surface area contributed by atoms with Crippen LogP contribution in [0, 0.1) is 11.6 Å². The molecule has 0 aliphatic carbocycles. The lowest BCUT2D eigenvalue weighted by Crippen LogP contribution is -2.46. The van der Waals surface area contributed by atoms with Gasteiger partial charge in [-0.15, -0.1) is 0 Å². The molecule has 34 heavy (non-hydrogen) atoms. The zero-order valence-electron chi connectivity index (χ0n) is 18.8. The molecule has 2 aromatic rings. The number of nitrogens with zero attached hydrogens (tertiary/aromatic N) is 1. The number of benzene rings is 2. The van der Waals surface area contributed by atoms with Crippen LogP contribution in [0.2, 0.25) is 0 Å². The van der Waals surface area contributed by atoms with E-state index in [-0.39, 0.29) is 18.9 Å². The third-order valence-electron chi connectivity index (χ3n) is 5.17. The summed E-state index contributed by atoms with van der Waals surface area (Å²) in [6, 6.07) is 8.62. The van der Waals surface area contributed by atoms with Crippen molar-refractivity contribution in [3.8, 4) is 0 Å². The van der Waals surface area contributed by atoms with Crippen LogP contribution in [0.5, 0.6) is 0 Å². The number of rotatable bonds is 7. The number of hydrogen-bond donors (Lipinski definition) is 3. The molecule has 1 heterocycles. The standard InChI is InChI=1S/C23H24F2N4O4S/c1-13-19(21(30)33-11-10-32-3)20(28-23(34)29(13)2)14-4-6-15(7-5-14)26-22(31)27-16-8-9-17(24)18(25)12-16/h4-9,12,20H,10-11H2,1-3H3,(H,28,34)(H2,26,27,31). The number of amides is 2. The summed E-state index contributed by atoms with van der Waals surface area (Å²) in [7, 11) is 3.27. The Morgan fingerprint density at radius 2 is 1.71 bits per heavy atom. The lowest BCUT2D eigenvalue weighted by atomic mass is 9.95. The Bertz CT molecular complexity index is 1120. The van der Waals surface area contributed by atoms with Gasteiger partial charge in [0.1, 0.15) is 6.61 Å². The van der Waals surface area contributed by atoms with Crippen LogP contribution in [0.15, 0.2) is 53.7 Å². The fraction of sp³-hybridized carbons (Fsp3) is 0.261. The fourth-order valence-corrected chi connectivity index (χ4v) is 3.53. The summed E-state index contributed by atoms with van der Waals surface area (Å²) >= 11 is 5.38. The van der Waals surface area contributed by atoms with Gasteiger partial charge in [0.25, 0.3) is 0 Å². The highest BCUT2D eigenvalue weighted by atomic mass is 32.1. The lowest BCUT2D eigenvalue weighted by Gasteiger charge is -2.35. The maximum atomic E-state index is 13.3. The van der Waals surface area contributed by atoms with Gasteiger partial charge in [-0.3, -0.25) is 0 Å². The molecule has 0 fully saturated rings. The highest BCUT2D eigenvalue weighted by Gasteiger charge is 2.33. The number of esters is 1. The summed E-state index contributed by atoms with van der Waals surface area (Å²) in [4.78, 5) is 26.7. The number of methoxy groups -OCH3 is 1. The third kappa shape index (κ3) is 5.86. The molecular formula is C23H24F2N4O4S. The minimum Gasteiger partial charge on any atom is -0.460 e. The van der Waals surface area contributed by atoms with Gasteiger partial charge in [-0.1, -0.05) is 12.1 Å². The second-order valence-electron chi connectivity index (χ2n) is 7.40. The third-order valence-corrected chi connectivity index (χ3v) is 5.57. The predicted octanol–water partition coefficient (Wildman–Crippen LogP) is 3.93. The van der Waals surface area contributed by atoms with Crippen LogP contribution in [0.4, 0.5) is 25.0 Å². The average Bonchev–Trinajstić information content (AvgIpc) is 2.80. The molecule has 8 nitrogen and oxygen atoms in total. The highest BCUT2D eigenvalue weighted by Crippen LogP contribution is 2.31. The molecular weight excluding hydrogens is 466 g/mol. The normalized spacial score (nSPS) is 15.6. The zero-order chi connectivity index (χ0) is 24.8. The number of thiocarbonyl (C=S) groups is 1. The van der Waals surface area contributed by atoms with Gasteiger partial charge in [-0.2, -0.15) is 0 Å². The second-order valence-corrected chi connectivity index (χ2v) is 7.79. The summed E-state index contributed by atoms with van der Waals surface area (Å²) in [6.45, 7) is 2.17. The summed E-state index contributed by atoms with van der Waals surface area (Å²) in [5, 5.41) is 8.62. The summed E-state index contributed by atoms with van der Waals surface area (Å²) in [5.74, 6) is -2.56. The number of hydrogen-bond acceptors (Lipinski definition) is 5. The van der Waals surface area contributed by atoms with E-state index in [0.29, 0.717) is 22.1 Å². The Kier molecular flexibility index (Phi) is 8.13. The first-order valence-corrected chi connectivity index (χ1v) is 10.7. The van der Waals surface area contributed by atoms with Crippen LogP contribution in [-0.4, -0.2) is 49.4 Å². The van der Waals surface area contributed by atoms with E-state index in [1.165, 1.54) is 13.2 Å². The summed E-state index contributed by atoms with van der Waals surface area (Å²) in [6.07, 6.45) is 0. The second kappa shape index (κ2) is 11.0. The van der Waals surface area contributed by atoms with E-state index in [4.69, 9.17) is 21.7 Å². The van der Waals surface area contributed by atoms with E-state index < -0.39 is 29.7 Å². The van der Waals surface area contributed by atoms with Gasteiger partial charge < -0.3 is 30.3 Å². The van der Waals surface area contributed by atoms with Gasteiger partial charge in [-0.05, 0) is 49.0 Å². The quantitative estimate of drug-likeness (QED) is 0.308. The number of carbonyl (C=O) groups excluding carboxylic acids is 2. The molecule has 1 unspecified atom stereocenters. The maximum absolute atomic E-state index is 13.3. The molecule has 1 aliphatic heterocycles. The molecule has 0 bridgehead atoms. The van der Waals surface area contributed by atoms with Crippen LogP contribution in [0.25, 0.3) is 0 Å². The van der Waals surface area contributed by atoms with Crippen molar-refractivity contribution in [3.63, 3.8) is 0 Å². The molecule has 0 aromatic heterocycles. The van der Waals surface area contributed by atoms with Crippen molar-refractivity contribution in [1.82, 2.24) is 10.2 Å². The van der Waals surface area contributed by atoms with Crippen molar-refractivity contribution in [2.24, 2.45) is 0 Å². The number of ether oxygens (including phenoxy) is 2. The van der Waals surface area contributed by atoms with Gasteiger partial charge in [0.15, 0.2) is 16.7 Å². The van der Waals surface area contributed by atoms with E-state index >= 15 is 0 Å². The predicted molar refractivity (Wildman–Crippen MR) is 127 cm³/mol. The first-order valence-electron chi connectivity index (χ1n) is 10.2. The molecule has 1 atom stereocenters. The van der Waals surface area contributed by atoms with Crippen LogP contribution >= 0.6 is 12.2 Å². The molecule has 0 spiro atoms.